The summed E-state index contributed by atoms with van der Waals surface area (Å²) in [5.74, 6) is 0.533. The number of ether oxygens (including phenoxy) is 1. The Labute approximate surface area is 86.3 Å². The summed E-state index contributed by atoms with van der Waals surface area (Å²) < 4.78 is 5.58. The molecule has 1 heterocycles. The van der Waals surface area contributed by atoms with E-state index in [4.69, 9.17) is 4.74 Å². The average molecular weight is 196 g/mol. The average Bonchev–Trinajstić information content (AvgIpc) is 2.15. The van der Waals surface area contributed by atoms with E-state index in [0.29, 0.717) is 12.5 Å². The molecule has 0 saturated heterocycles. The Bertz CT molecular complexity index is 253. The monoisotopic (exact) mass is 196 g/mol. The molecule has 80 valence electrons. The van der Waals surface area contributed by atoms with Crippen molar-refractivity contribution in [2.45, 2.75) is 46.6 Å². The minimum Gasteiger partial charge on any atom is -0.365 e. The Kier molecular flexibility index (Phi) is 3.87. The van der Waals surface area contributed by atoms with Crippen molar-refractivity contribution < 1.29 is 9.53 Å². The maximum atomic E-state index is 11.9. The Morgan fingerprint density at radius 1 is 1.50 bits per heavy atom. The van der Waals surface area contributed by atoms with Gasteiger partial charge in [-0.1, -0.05) is 20.3 Å². The SMILES string of the molecule is CCCC(C)C1OCC(C)=C(C)C1=O. The first-order chi connectivity index (χ1) is 6.57. The summed E-state index contributed by atoms with van der Waals surface area (Å²) in [5.41, 5.74) is 1.99. The molecule has 0 aromatic heterocycles. The molecule has 0 bridgehead atoms. The summed E-state index contributed by atoms with van der Waals surface area (Å²) in [6, 6.07) is 0. The summed E-state index contributed by atoms with van der Waals surface area (Å²) in [6.45, 7) is 8.73. The zero-order chi connectivity index (χ0) is 10.7. The summed E-state index contributed by atoms with van der Waals surface area (Å²) in [4.78, 5) is 11.9. The lowest BCUT2D eigenvalue weighted by atomic mass is 9.90. The normalized spacial score (nSPS) is 25.4. The quantitative estimate of drug-likeness (QED) is 0.693. The van der Waals surface area contributed by atoms with Gasteiger partial charge in [0.1, 0.15) is 6.10 Å². The van der Waals surface area contributed by atoms with Gasteiger partial charge in [-0.15, -0.1) is 0 Å². The highest BCUT2D eigenvalue weighted by Gasteiger charge is 2.30. The molecular formula is C12H20O2. The fourth-order valence-electron chi connectivity index (χ4n) is 1.85. The molecule has 2 heteroatoms. The van der Waals surface area contributed by atoms with Gasteiger partial charge in [0.15, 0.2) is 5.78 Å². The number of carbonyl (C=O) groups is 1. The molecule has 0 aliphatic carbocycles. The number of ketones is 1. The van der Waals surface area contributed by atoms with Crippen molar-refractivity contribution in [3.8, 4) is 0 Å². The van der Waals surface area contributed by atoms with Crippen molar-refractivity contribution >= 4 is 5.78 Å². The number of hydrogen-bond donors (Lipinski definition) is 0. The topological polar surface area (TPSA) is 26.3 Å². The molecule has 2 nitrogen and oxygen atoms in total. The zero-order valence-corrected chi connectivity index (χ0v) is 9.59. The molecular weight excluding hydrogens is 176 g/mol. The van der Waals surface area contributed by atoms with E-state index in [1.54, 1.807) is 0 Å². The van der Waals surface area contributed by atoms with Crippen LogP contribution in [-0.4, -0.2) is 18.5 Å². The first kappa shape index (κ1) is 11.4. The van der Waals surface area contributed by atoms with Gasteiger partial charge in [0, 0.05) is 0 Å². The largest absolute Gasteiger partial charge is 0.365 e. The van der Waals surface area contributed by atoms with E-state index in [-0.39, 0.29) is 11.9 Å². The number of rotatable bonds is 3. The van der Waals surface area contributed by atoms with E-state index >= 15 is 0 Å². The van der Waals surface area contributed by atoms with Crippen LogP contribution in [0.1, 0.15) is 40.5 Å². The van der Waals surface area contributed by atoms with Gasteiger partial charge in [-0.05, 0) is 37.3 Å². The van der Waals surface area contributed by atoms with Crippen LogP contribution in [0.4, 0.5) is 0 Å². The molecule has 0 N–H and O–H groups in total. The second-order valence-corrected chi connectivity index (χ2v) is 4.27. The number of Topliss-reactive ketones (excluding diaryl/α,β-unsaturated/α-hetero) is 1. The lowest BCUT2D eigenvalue weighted by molar-refractivity contribution is -0.131. The molecule has 0 amide bonds. The molecule has 14 heavy (non-hydrogen) atoms. The third-order valence-electron chi connectivity index (χ3n) is 3.01. The van der Waals surface area contributed by atoms with Gasteiger partial charge in [-0.2, -0.15) is 0 Å². The number of hydrogen-bond acceptors (Lipinski definition) is 2. The lowest BCUT2D eigenvalue weighted by Gasteiger charge is -2.28. The smallest absolute Gasteiger partial charge is 0.187 e. The molecule has 1 rings (SSSR count). The maximum absolute atomic E-state index is 11.9. The van der Waals surface area contributed by atoms with Gasteiger partial charge in [0.2, 0.25) is 0 Å². The molecule has 0 aromatic carbocycles. The van der Waals surface area contributed by atoms with Crippen LogP contribution >= 0.6 is 0 Å². The molecule has 0 radical (unpaired) electrons. The molecule has 0 saturated carbocycles. The van der Waals surface area contributed by atoms with Crippen LogP contribution in [0.3, 0.4) is 0 Å². The van der Waals surface area contributed by atoms with Crippen molar-refractivity contribution in [1.82, 2.24) is 0 Å². The Morgan fingerprint density at radius 3 is 2.71 bits per heavy atom. The van der Waals surface area contributed by atoms with E-state index in [2.05, 4.69) is 13.8 Å². The van der Waals surface area contributed by atoms with Crippen LogP contribution in [-0.2, 0) is 9.53 Å². The van der Waals surface area contributed by atoms with Crippen LogP contribution < -0.4 is 0 Å². The fraction of sp³-hybridized carbons (Fsp3) is 0.750. The van der Waals surface area contributed by atoms with Crippen LogP contribution in [0, 0.1) is 5.92 Å². The Morgan fingerprint density at radius 2 is 2.14 bits per heavy atom. The third kappa shape index (κ3) is 2.24. The summed E-state index contributed by atoms with van der Waals surface area (Å²) >= 11 is 0. The van der Waals surface area contributed by atoms with E-state index in [9.17, 15) is 4.79 Å². The van der Waals surface area contributed by atoms with Crippen molar-refractivity contribution in [3.63, 3.8) is 0 Å². The van der Waals surface area contributed by atoms with Gasteiger partial charge in [-0.3, -0.25) is 4.79 Å². The van der Waals surface area contributed by atoms with Gasteiger partial charge < -0.3 is 4.74 Å². The highest BCUT2D eigenvalue weighted by molar-refractivity contribution is 5.99. The van der Waals surface area contributed by atoms with E-state index < -0.39 is 0 Å². The Hall–Kier alpha value is -0.630. The first-order valence-electron chi connectivity index (χ1n) is 5.40. The molecule has 0 fully saturated rings. The van der Waals surface area contributed by atoms with Gasteiger partial charge >= 0.3 is 0 Å². The van der Waals surface area contributed by atoms with Crippen molar-refractivity contribution in [2.75, 3.05) is 6.61 Å². The van der Waals surface area contributed by atoms with Crippen molar-refractivity contribution in [2.24, 2.45) is 5.92 Å². The maximum Gasteiger partial charge on any atom is 0.187 e. The molecule has 1 aliphatic heterocycles. The van der Waals surface area contributed by atoms with E-state index in [0.717, 1.165) is 24.0 Å². The zero-order valence-electron chi connectivity index (χ0n) is 9.59. The molecule has 2 atom stereocenters. The fourth-order valence-corrected chi connectivity index (χ4v) is 1.85. The molecule has 1 aliphatic rings. The van der Waals surface area contributed by atoms with Gasteiger partial charge in [0.05, 0.1) is 6.61 Å². The molecule has 0 spiro atoms. The highest BCUT2D eigenvalue weighted by atomic mass is 16.5. The molecule has 2 unspecified atom stereocenters. The van der Waals surface area contributed by atoms with Gasteiger partial charge in [0.25, 0.3) is 0 Å². The van der Waals surface area contributed by atoms with Crippen molar-refractivity contribution in [1.29, 1.82) is 0 Å². The van der Waals surface area contributed by atoms with Crippen molar-refractivity contribution in [3.05, 3.63) is 11.1 Å². The van der Waals surface area contributed by atoms with Crippen LogP contribution in [0.5, 0.6) is 0 Å². The predicted molar refractivity (Wildman–Crippen MR) is 57.2 cm³/mol. The van der Waals surface area contributed by atoms with Crippen LogP contribution in [0.25, 0.3) is 0 Å². The van der Waals surface area contributed by atoms with Crippen LogP contribution in [0.2, 0.25) is 0 Å². The first-order valence-corrected chi connectivity index (χ1v) is 5.40. The minimum atomic E-state index is -0.196. The lowest BCUT2D eigenvalue weighted by Crippen LogP contribution is -2.36. The summed E-state index contributed by atoms with van der Waals surface area (Å²) in [6.07, 6.45) is 1.97. The molecule has 0 aromatic rings. The second-order valence-electron chi connectivity index (χ2n) is 4.27. The predicted octanol–water partition coefficient (Wildman–Crippen LogP) is 2.73. The highest BCUT2D eigenvalue weighted by Crippen LogP contribution is 2.24. The van der Waals surface area contributed by atoms with Gasteiger partial charge in [-0.25, -0.2) is 0 Å². The Balaban J connectivity index is 2.71. The summed E-state index contributed by atoms with van der Waals surface area (Å²) in [7, 11) is 0. The van der Waals surface area contributed by atoms with E-state index in [1.165, 1.54) is 0 Å². The summed E-state index contributed by atoms with van der Waals surface area (Å²) in [5, 5.41) is 0. The second kappa shape index (κ2) is 4.74. The van der Waals surface area contributed by atoms with Crippen LogP contribution in [0.15, 0.2) is 11.1 Å². The van der Waals surface area contributed by atoms with E-state index in [1.807, 2.05) is 13.8 Å². The third-order valence-corrected chi connectivity index (χ3v) is 3.01. The number of carbonyl (C=O) groups excluding carboxylic acids is 1. The standard InChI is InChI=1S/C12H20O2/c1-5-6-8(2)12-11(13)10(4)9(3)7-14-12/h8,12H,5-7H2,1-4H3. The minimum absolute atomic E-state index is 0.190.